The molecule has 0 spiro atoms. The van der Waals surface area contributed by atoms with Crippen molar-refractivity contribution in [2.24, 2.45) is 12.0 Å². The van der Waals surface area contributed by atoms with Gasteiger partial charge < -0.3 is 9.67 Å². The van der Waals surface area contributed by atoms with Gasteiger partial charge in [-0.2, -0.15) is 0 Å². The first-order valence-corrected chi connectivity index (χ1v) is 7.10. The topological polar surface area (TPSA) is 37.5 Å². The number of rotatable bonds is 3. The molecule has 3 aromatic rings. The molecule has 106 valence electrons. The van der Waals surface area contributed by atoms with Crippen LogP contribution >= 0.6 is 0 Å². The molecule has 0 aliphatic carbocycles. The van der Waals surface area contributed by atoms with Crippen molar-refractivity contribution in [2.45, 2.75) is 13.3 Å². The molecule has 0 unspecified atom stereocenters. The second kappa shape index (κ2) is 5.44. The minimum Gasteiger partial charge on any atom is -0.494 e. The fourth-order valence-corrected chi connectivity index (χ4v) is 2.49. The monoisotopic (exact) mass is 278 g/mol. The van der Waals surface area contributed by atoms with Crippen LogP contribution in [-0.4, -0.2) is 15.9 Å². The zero-order valence-electron chi connectivity index (χ0n) is 12.2. The van der Waals surface area contributed by atoms with E-state index in [-0.39, 0.29) is 5.88 Å². The molecule has 3 rings (SSSR count). The number of aliphatic imine (C=N–C) groups is 1. The van der Waals surface area contributed by atoms with Crippen molar-refractivity contribution in [1.29, 1.82) is 0 Å². The predicted molar refractivity (Wildman–Crippen MR) is 87.7 cm³/mol. The number of hydrogen-bond donors (Lipinski definition) is 1. The standard InChI is InChI=1S/C18H18N2O/c1-3-13-8-10-14(11-9-13)19-12-16-15-6-4-5-7-17(15)20(2)18(16)21/h4-12,21H,3H2,1-2H3. The molecule has 0 radical (unpaired) electrons. The Bertz CT molecular complexity index is 798. The summed E-state index contributed by atoms with van der Waals surface area (Å²) in [4.78, 5) is 4.48. The lowest BCUT2D eigenvalue weighted by Gasteiger charge is -1.98. The number of nitrogens with zero attached hydrogens (tertiary/aromatic N) is 2. The van der Waals surface area contributed by atoms with Crippen molar-refractivity contribution in [3.05, 3.63) is 59.7 Å². The van der Waals surface area contributed by atoms with Gasteiger partial charge in [0.15, 0.2) is 0 Å². The van der Waals surface area contributed by atoms with Gasteiger partial charge in [-0.15, -0.1) is 0 Å². The molecule has 0 atom stereocenters. The zero-order valence-corrected chi connectivity index (χ0v) is 12.2. The molecule has 0 saturated carbocycles. The van der Waals surface area contributed by atoms with Gasteiger partial charge in [0.2, 0.25) is 5.88 Å². The van der Waals surface area contributed by atoms with Gasteiger partial charge in [0.1, 0.15) is 0 Å². The fourth-order valence-electron chi connectivity index (χ4n) is 2.49. The van der Waals surface area contributed by atoms with Crippen LogP contribution in [0.2, 0.25) is 0 Å². The van der Waals surface area contributed by atoms with E-state index in [1.165, 1.54) is 5.56 Å². The molecule has 1 N–H and O–H groups in total. The number of aromatic nitrogens is 1. The lowest BCUT2D eigenvalue weighted by Crippen LogP contribution is -1.86. The van der Waals surface area contributed by atoms with Crippen LogP contribution < -0.4 is 0 Å². The summed E-state index contributed by atoms with van der Waals surface area (Å²) in [7, 11) is 1.85. The lowest BCUT2D eigenvalue weighted by molar-refractivity contribution is 0.434. The van der Waals surface area contributed by atoms with E-state index in [9.17, 15) is 5.11 Å². The second-order valence-corrected chi connectivity index (χ2v) is 5.09. The second-order valence-electron chi connectivity index (χ2n) is 5.09. The average molecular weight is 278 g/mol. The van der Waals surface area contributed by atoms with E-state index in [1.807, 2.05) is 43.4 Å². The Morgan fingerprint density at radius 1 is 1.10 bits per heavy atom. The molecule has 0 aliphatic rings. The Kier molecular flexibility index (Phi) is 3.48. The van der Waals surface area contributed by atoms with Gasteiger partial charge in [0.05, 0.1) is 16.8 Å². The van der Waals surface area contributed by atoms with E-state index >= 15 is 0 Å². The average Bonchev–Trinajstić information content (AvgIpc) is 2.78. The highest BCUT2D eigenvalue weighted by atomic mass is 16.3. The lowest BCUT2D eigenvalue weighted by atomic mass is 10.1. The van der Waals surface area contributed by atoms with Crippen molar-refractivity contribution in [1.82, 2.24) is 4.57 Å². The molecule has 3 heteroatoms. The Balaban J connectivity index is 2.01. The van der Waals surface area contributed by atoms with Crippen LogP contribution in [0.25, 0.3) is 10.9 Å². The largest absolute Gasteiger partial charge is 0.494 e. The van der Waals surface area contributed by atoms with Crippen molar-refractivity contribution in [2.75, 3.05) is 0 Å². The summed E-state index contributed by atoms with van der Waals surface area (Å²) in [5, 5.41) is 11.3. The van der Waals surface area contributed by atoms with E-state index in [0.29, 0.717) is 0 Å². The summed E-state index contributed by atoms with van der Waals surface area (Å²) in [6, 6.07) is 16.1. The molecule has 0 amide bonds. The maximum Gasteiger partial charge on any atom is 0.200 e. The molecule has 1 aromatic heterocycles. The number of hydrogen-bond acceptors (Lipinski definition) is 2. The zero-order chi connectivity index (χ0) is 14.8. The van der Waals surface area contributed by atoms with Gasteiger partial charge in [-0.1, -0.05) is 37.3 Å². The Morgan fingerprint density at radius 2 is 1.81 bits per heavy atom. The SMILES string of the molecule is CCc1ccc(N=Cc2c(O)n(C)c3ccccc23)cc1. The van der Waals surface area contributed by atoms with E-state index in [2.05, 4.69) is 24.0 Å². The van der Waals surface area contributed by atoms with Crippen LogP contribution in [-0.2, 0) is 13.5 Å². The van der Waals surface area contributed by atoms with Crippen LogP contribution in [0.3, 0.4) is 0 Å². The van der Waals surface area contributed by atoms with Crippen LogP contribution in [0.15, 0.2) is 53.5 Å². The van der Waals surface area contributed by atoms with E-state index in [1.54, 1.807) is 10.8 Å². The molecule has 1 heterocycles. The summed E-state index contributed by atoms with van der Waals surface area (Å²) >= 11 is 0. The van der Waals surface area contributed by atoms with E-state index in [4.69, 9.17) is 0 Å². The van der Waals surface area contributed by atoms with Crippen LogP contribution in [0.5, 0.6) is 5.88 Å². The highest BCUT2D eigenvalue weighted by molar-refractivity contribution is 6.03. The molecule has 2 aromatic carbocycles. The van der Waals surface area contributed by atoms with E-state index < -0.39 is 0 Å². The highest BCUT2D eigenvalue weighted by Crippen LogP contribution is 2.29. The van der Waals surface area contributed by atoms with Crippen molar-refractivity contribution in [3.8, 4) is 5.88 Å². The van der Waals surface area contributed by atoms with Gasteiger partial charge >= 0.3 is 0 Å². The number of aryl methyl sites for hydroxylation is 2. The van der Waals surface area contributed by atoms with Gasteiger partial charge in [-0.25, -0.2) is 0 Å². The van der Waals surface area contributed by atoms with E-state index in [0.717, 1.165) is 28.6 Å². The Labute approximate surface area is 124 Å². The normalized spacial score (nSPS) is 11.5. The first kappa shape index (κ1) is 13.4. The van der Waals surface area contributed by atoms with Gasteiger partial charge in [0, 0.05) is 18.6 Å². The smallest absolute Gasteiger partial charge is 0.200 e. The Hall–Kier alpha value is -2.55. The van der Waals surface area contributed by atoms with Crippen molar-refractivity contribution >= 4 is 22.8 Å². The summed E-state index contributed by atoms with van der Waals surface area (Å²) in [6.45, 7) is 2.13. The third-order valence-corrected chi connectivity index (χ3v) is 3.80. The third kappa shape index (κ3) is 2.42. The summed E-state index contributed by atoms with van der Waals surface area (Å²) in [5.74, 6) is 0.241. The molecule has 3 nitrogen and oxygen atoms in total. The first-order chi connectivity index (χ1) is 10.2. The van der Waals surface area contributed by atoms with Gasteiger partial charge in [-0.05, 0) is 30.2 Å². The first-order valence-electron chi connectivity index (χ1n) is 7.10. The summed E-state index contributed by atoms with van der Waals surface area (Å²) < 4.78 is 1.77. The number of fused-ring (bicyclic) bond motifs is 1. The van der Waals surface area contributed by atoms with Crippen LogP contribution in [0, 0.1) is 0 Å². The van der Waals surface area contributed by atoms with Gasteiger partial charge in [-0.3, -0.25) is 4.99 Å². The van der Waals surface area contributed by atoms with Crippen LogP contribution in [0.4, 0.5) is 5.69 Å². The third-order valence-electron chi connectivity index (χ3n) is 3.80. The molecule has 0 bridgehead atoms. The molecule has 0 saturated heterocycles. The maximum atomic E-state index is 10.3. The van der Waals surface area contributed by atoms with Crippen LogP contribution in [0.1, 0.15) is 18.1 Å². The Morgan fingerprint density at radius 3 is 2.52 bits per heavy atom. The predicted octanol–water partition coefficient (Wildman–Crippen LogP) is 4.20. The van der Waals surface area contributed by atoms with Crippen molar-refractivity contribution < 1.29 is 5.11 Å². The van der Waals surface area contributed by atoms with Crippen molar-refractivity contribution in [3.63, 3.8) is 0 Å². The fraction of sp³-hybridized carbons (Fsp3) is 0.167. The molecular weight excluding hydrogens is 260 g/mol. The quantitative estimate of drug-likeness (QED) is 0.716. The van der Waals surface area contributed by atoms with Gasteiger partial charge in [0.25, 0.3) is 0 Å². The number of benzene rings is 2. The summed E-state index contributed by atoms with van der Waals surface area (Å²) in [5.41, 5.74) is 3.94. The summed E-state index contributed by atoms with van der Waals surface area (Å²) in [6.07, 6.45) is 2.76. The minimum atomic E-state index is 0.241. The minimum absolute atomic E-state index is 0.241. The molecule has 21 heavy (non-hydrogen) atoms. The molecule has 0 fully saturated rings. The highest BCUT2D eigenvalue weighted by Gasteiger charge is 2.11. The molecule has 0 aliphatic heterocycles. The molecular formula is C18H18N2O. The number of aromatic hydroxyl groups is 1. The maximum absolute atomic E-state index is 10.3. The number of para-hydroxylation sites is 1.